The minimum Gasteiger partial charge on any atom is -0.481 e. The highest BCUT2D eigenvalue weighted by atomic mass is 16.4. The molecule has 1 heterocycles. The van der Waals surface area contributed by atoms with Crippen molar-refractivity contribution < 1.29 is 14.7 Å². The number of aliphatic carboxylic acids is 1. The fourth-order valence-corrected chi connectivity index (χ4v) is 2.64. The minimum absolute atomic E-state index is 0.00920. The number of hydrogen-bond acceptors (Lipinski definition) is 2. The third-order valence-corrected chi connectivity index (χ3v) is 4.28. The second kappa shape index (κ2) is 5.27. The summed E-state index contributed by atoms with van der Waals surface area (Å²) in [5.41, 5.74) is 2.13. The molecule has 0 spiro atoms. The Bertz CT molecular complexity index is 543. The molecule has 0 atom stereocenters. The van der Waals surface area contributed by atoms with Crippen LogP contribution in [-0.4, -0.2) is 35.0 Å². The first kappa shape index (κ1) is 14.6. The number of amides is 1. The topological polar surface area (TPSA) is 57.6 Å². The Kier molecular flexibility index (Phi) is 3.84. The van der Waals surface area contributed by atoms with Crippen LogP contribution in [-0.2, 0) is 4.79 Å². The Balaban J connectivity index is 2.11. The van der Waals surface area contributed by atoms with Crippen molar-refractivity contribution in [1.82, 2.24) is 4.90 Å². The highest BCUT2D eigenvalue weighted by molar-refractivity contribution is 5.95. The van der Waals surface area contributed by atoms with E-state index in [2.05, 4.69) is 0 Å². The normalized spacial score (nSPS) is 17.9. The van der Waals surface area contributed by atoms with E-state index in [9.17, 15) is 14.7 Å². The Hall–Kier alpha value is -1.84. The molecule has 1 fully saturated rings. The van der Waals surface area contributed by atoms with Crippen LogP contribution < -0.4 is 0 Å². The van der Waals surface area contributed by atoms with E-state index in [1.807, 2.05) is 32.0 Å². The van der Waals surface area contributed by atoms with E-state index >= 15 is 0 Å². The minimum atomic E-state index is -0.767. The Morgan fingerprint density at radius 3 is 2.30 bits per heavy atom. The van der Waals surface area contributed by atoms with Crippen molar-refractivity contribution in [2.75, 3.05) is 13.1 Å². The standard InChI is InChI=1S/C16H21NO3/c1-11-4-5-13(12(2)10-11)14(18)17-8-6-16(3,7-9-17)15(19)20/h4-5,10H,6-9H2,1-3H3,(H,19,20). The van der Waals surface area contributed by atoms with E-state index < -0.39 is 11.4 Å². The maximum absolute atomic E-state index is 12.5. The molecular formula is C16H21NO3. The van der Waals surface area contributed by atoms with Gasteiger partial charge in [-0.25, -0.2) is 0 Å². The number of carboxylic acid groups (broad SMARTS) is 1. The molecular weight excluding hydrogens is 254 g/mol. The summed E-state index contributed by atoms with van der Waals surface area (Å²) < 4.78 is 0. The van der Waals surface area contributed by atoms with Gasteiger partial charge in [0, 0.05) is 18.7 Å². The number of carbonyl (C=O) groups is 2. The average molecular weight is 275 g/mol. The number of carbonyl (C=O) groups excluding carboxylic acids is 1. The van der Waals surface area contributed by atoms with Crippen LogP contribution in [0.25, 0.3) is 0 Å². The van der Waals surface area contributed by atoms with Crippen molar-refractivity contribution in [3.05, 3.63) is 34.9 Å². The van der Waals surface area contributed by atoms with Gasteiger partial charge in [-0.2, -0.15) is 0 Å². The van der Waals surface area contributed by atoms with Gasteiger partial charge < -0.3 is 10.0 Å². The van der Waals surface area contributed by atoms with Crippen LogP contribution in [0.5, 0.6) is 0 Å². The fraction of sp³-hybridized carbons (Fsp3) is 0.500. The molecule has 0 radical (unpaired) electrons. The lowest BCUT2D eigenvalue weighted by atomic mass is 9.80. The summed E-state index contributed by atoms with van der Waals surface area (Å²) in [5.74, 6) is -0.758. The zero-order valence-corrected chi connectivity index (χ0v) is 12.3. The first-order chi connectivity index (χ1) is 9.33. The van der Waals surface area contributed by atoms with Crippen LogP contribution in [0.15, 0.2) is 18.2 Å². The van der Waals surface area contributed by atoms with Crippen LogP contribution in [0.4, 0.5) is 0 Å². The Morgan fingerprint density at radius 1 is 1.20 bits per heavy atom. The highest BCUT2D eigenvalue weighted by Gasteiger charge is 2.38. The summed E-state index contributed by atoms with van der Waals surface area (Å²) in [6.07, 6.45) is 1.03. The van der Waals surface area contributed by atoms with Gasteiger partial charge in [-0.15, -0.1) is 0 Å². The molecule has 1 amide bonds. The monoisotopic (exact) mass is 275 g/mol. The predicted octanol–water partition coefficient (Wildman–Crippen LogP) is 2.63. The van der Waals surface area contributed by atoms with Crippen molar-refractivity contribution >= 4 is 11.9 Å². The molecule has 0 bridgehead atoms. The molecule has 0 saturated carbocycles. The maximum atomic E-state index is 12.5. The highest BCUT2D eigenvalue weighted by Crippen LogP contribution is 2.31. The van der Waals surface area contributed by atoms with Gasteiger partial charge in [-0.3, -0.25) is 9.59 Å². The van der Waals surface area contributed by atoms with E-state index in [4.69, 9.17) is 0 Å². The summed E-state index contributed by atoms with van der Waals surface area (Å²) >= 11 is 0. The number of aryl methyl sites for hydroxylation is 2. The number of likely N-dealkylation sites (tertiary alicyclic amines) is 1. The number of rotatable bonds is 2. The SMILES string of the molecule is Cc1ccc(C(=O)N2CCC(C)(C(=O)O)CC2)c(C)c1. The fourth-order valence-electron chi connectivity index (χ4n) is 2.64. The van der Waals surface area contributed by atoms with Gasteiger partial charge in [0.05, 0.1) is 5.41 Å². The van der Waals surface area contributed by atoms with Gasteiger partial charge in [-0.1, -0.05) is 17.7 Å². The third-order valence-electron chi connectivity index (χ3n) is 4.28. The molecule has 1 N–H and O–H groups in total. The molecule has 1 aliphatic rings. The van der Waals surface area contributed by atoms with Crippen molar-refractivity contribution in [1.29, 1.82) is 0 Å². The van der Waals surface area contributed by atoms with Crippen molar-refractivity contribution in [3.63, 3.8) is 0 Å². The molecule has 4 heteroatoms. The molecule has 0 aromatic heterocycles. The number of hydrogen-bond donors (Lipinski definition) is 1. The van der Waals surface area contributed by atoms with Crippen LogP contribution >= 0.6 is 0 Å². The van der Waals surface area contributed by atoms with Gasteiger partial charge in [-0.05, 0) is 45.2 Å². The van der Waals surface area contributed by atoms with Gasteiger partial charge in [0.2, 0.25) is 0 Å². The van der Waals surface area contributed by atoms with Gasteiger partial charge >= 0.3 is 5.97 Å². The van der Waals surface area contributed by atoms with Crippen molar-refractivity contribution in [2.45, 2.75) is 33.6 Å². The zero-order chi connectivity index (χ0) is 14.9. The van der Waals surface area contributed by atoms with Crippen molar-refractivity contribution in [2.24, 2.45) is 5.41 Å². The second-order valence-electron chi connectivity index (χ2n) is 5.98. The molecule has 2 rings (SSSR count). The molecule has 1 aliphatic heterocycles. The molecule has 4 nitrogen and oxygen atoms in total. The summed E-state index contributed by atoms with van der Waals surface area (Å²) in [6, 6.07) is 5.79. The van der Waals surface area contributed by atoms with E-state index in [1.165, 1.54) is 0 Å². The summed E-state index contributed by atoms with van der Waals surface area (Å²) in [6.45, 7) is 6.71. The average Bonchev–Trinajstić information content (AvgIpc) is 2.38. The lowest BCUT2D eigenvalue weighted by Crippen LogP contribution is -2.45. The lowest BCUT2D eigenvalue weighted by molar-refractivity contribution is -0.150. The molecule has 20 heavy (non-hydrogen) atoms. The van der Waals surface area contributed by atoms with Crippen LogP contribution in [0.3, 0.4) is 0 Å². The molecule has 1 saturated heterocycles. The van der Waals surface area contributed by atoms with Gasteiger partial charge in [0.1, 0.15) is 0 Å². The van der Waals surface area contributed by atoms with Crippen molar-refractivity contribution in [3.8, 4) is 0 Å². The second-order valence-corrected chi connectivity index (χ2v) is 5.98. The number of piperidine rings is 1. The smallest absolute Gasteiger partial charge is 0.309 e. The van der Waals surface area contributed by atoms with Crippen LogP contribution in [0.2, 0.25) is 0 Å². The first-order valence-corrected chi connectivity index (χ1v) is 6.93. The summed E-state index contributed by atoms with van der Waals surface area (Å²) in [4.78, 5) is 25.5. The van der Waals surface area contributed by atoms with E-state index in [1.54, 1.807) is 11.8 Å². The zero-order valence-electron chi connectivity index (χ0n) is 12.3. The van der Waals surface area contributed by atoms with E-state index in [-0.39, 0.29) is 5.91 Å². The number of carboxylic acids is 1. The predicted molar refractivity (Wildman–Crippen MR) is 76.8 cm³/mol. The Labute approximate surface area is 119 Å². The first-order valence-electron chi connectivity index (χ1n) is 6.93. The molecule has 0 aliphatic carbocycles. The van der Waals surface area contributed by atoms with Crippen LogP contribution in [0, 0.1) is 19.3 Å². The molecule has 0 unspecified atom stereocenters. The Morgan fingerprint density at radius 2 is 1.80 bits per heavy atom. The molecule has 1 aromatic carbocycles. The van der Waals surface area contributed by atoms with Crippen LogP contribution in [0.1, 0.15) is 41.3 Å². The van der Waals surface area contributed by atoms with E-state index in [0.29, 0.717) is 25.9 Å². The molecule has 108 valence electrons. The number of nitrogens with zero attached hydrogens (tertiary/aromatic N) is 1. The summed E-state index contributed by atoms with van der Waals surface area (Å²) in [5, 5.41) is 9.21. The lowest BCUT2D eigenvalue weighted by Gasteiger charge is -2.36. The quantitative estimate of drug-likeness (QED) is 0.902. The largest absolute Gasteiger partial charge is 0.481 e. The van der Waals surface area contributed by atoms with Gasteiger partial charge in [0.25, 0.3) is 5.91 Å². The van der Waals surface area contributed by atoms with E-state index in [0.717, 1.165) is 16.7 Å². The molecule has 1 aromatic rings. The van der Waals surface area contributed by atoms with Gasteiger partial charge in [0.15, 0.2) is 0 Å². The number of benzene rings is 1. The maximum Gasteiger partial charge on any atom is 0.309 e. The summed E-state index contributed by atoms with van der Waals surface area (Å²) in [7, 11) is 0. The third kappa shape index (κ3) is 2.69.